The number of ether oxygens (including phenoxy) is 1. The van der Waals surface area contributed by atoms with Crippen LogP contribution in [0, 0.1) is 0 Å². The molecule has 0 aliphatic carbocycles. The molecule has 6 heteroatoms. The predicted octanol–water partition coefficient (Wildman–Crippen LogP) is 1.09. The van der Waals surface area contributed by atoms with Crippen LogP contribution in [0.2, 0.25) is 0 Å². The van der Waals surface area contributed by atoms with Crippen molar-refractivity contribution in [3.05, 3.63) is 66.0 Å². The monoisotopic (exact) mass is 300 g/mol. The van der Waals surface area contributed by atoms with Gasteiger partial charge in [-0.15, -0.1) is 0 Å². The highest BCUT2D eigenvalue weighted by atomic mass is 16.5. The quantitative estimate of drug-likeness (QED) is 0.807. The molecule has 2 atom stereocenters. The first-order valence-electron chi connectivity index (χ1n) is 6.66. The minimum atomic E-state index is -1.30. The number of nitrogens with zero attached hydrogens (tertiary/aromatic N) is 1. The number of aromatic nitrogens is 1. The van der Waals surface area contributed by atoms with Crippen molar-refractivity contribution in [2.24, 2.45) is 0 Å². The van der Waals surface area contributed by atoms with Crippen LogP contribution in [0.5, 0.6) is 0 Å². The summed E-state index contributed by atoms with van der Waals surface area (Å²) in [6, 6.07) is 12.1. The Kier molecular flexibility index (Phi) is 5.21. The summed E-state index contributed by atoms with van der Waals surface area (Å²) in [7, 11) is 1.19. The van der Waals surface area contributed by atoms with Gasteiger partial charge >= 0.3 is 5.97 Å². The Morgan fingerprint density at radius 3 is 2.41 bits per heavy atom. The van der Waals surface area contributed by atoms with E-state index in [1.165, 1.54) is 13.3 Å². The summed E-state index contributed by atoms with van der Waals surface area (Å²) in [5.74, 6) is -1.23. The van der Waals surface area contributed by atoms with Gasteiger partial charge in [-0.2, -0.15) is 0 Å². The lowest BCUT2D eigenvalue weighted by atomic mass is 10.1. The van der Waals surface area contributed by atoms with Crippen LogP contribution in [0.4, 0.5) is 0 Å². The summed E-state index contributed by atoms with van der Waals surface area (Å²) in [5.41, 5.74) is 0.649. The molecule has 0 spiro atoms. The van der Waals surface area contributed by atoms with E-state index < -0.39 is 24.0 Å². The van der Waals surface area contributed by atoms with Crippen LogP contribution in [0.25, 0.3) is 0 Å². The lowest BCUT2D eigenvalue weighted by molar-refractivity contribution is -0.146. The number of hydrogen-bond acceptors (Lipinski definition) is 5. The van der Waals surface area contributed by atoms with Gasteiger partial charge in [-0.25, -0.2) is 4.79 Å². The van der Waals surface area contributed by atoms with E-state index in [9.17, 15) is 14.7 Å². The first-order valence-corrected chi connectivity index (χ1v) is 6.66. The molecule has 0 bridgehead atoms. The SMILES string of the molecule is COC(=O)[C@H](NC(=O)c1ccccc1)[C@@H](O)c1ccccn1. The van der Waals surface area contributed by atoms with E-state index in [4.69, 9.17) is 0 Å². The van der Waals surface area contributed by atoms with E-state index in [1.54, 1.807) is 48.5 Å². The highest BCUT2D eigenvalue weighted by Crippen LogP contribution is 2.16. The van der Waals surface area contributed by atoms with E-state index in [2.05, 4.69) is 15.0 Å². The average Bonchev–Trinajstić information content (AvgIpc) is 2.59. The molecule has 6 nitrogen and oxygen atoms in total. The number of methoxy groups -OCH3 is 1. The molecule has 0 unspecified atom stereocenters. The van der Waals surface area contributed by atoms with Crippen molar-refractivity contribution in [3.8, 4) is 0 Å². The lowest BCUT2D eigenvalue weighted by Gasteiger charge is -2.21. The maximum absolute atomic E-state index is 12.2. The van der Waals surface area contributed by atoms with E-state index in [1.807, 2.05) is 0 Å². The van der Waals surface area contributed by atoms with E-state index >= 15 is 0 Å². The first kappa shape index (κ1) is 15.7. The van der Waals surface area contributed by atoms with Gasteiger partial charge in [0.25, 0.3) is 5.91 Å². The molecule has 1 aromatic heterocycles. The highest BCUT2D eigenvalue weighted by molar-refractivity contribution is 5.96. The van der Waals surface area contributed by atoms with Crippen molar-refractivity contribution in [1.29, 1.82) is 0 Å². The summed E-state index contributed by atoms with van der Waals surface area (Å²) in [6.07, 6.45) is 0.188. The second-order valence-corrected chi connectivity index (χ2v) is 4.54. The van der Waals surface area contributed by atoms with Crippen molar-refractivity contribution in [2.75, 3.05) is 7.11 Å². The van der Waals surface area contributed by atoms with Gasteiger partial charge in [-0.05, 0) is 24.3 Å². The van der Waals surface area contributed by atoms with E-state index in [0.717, 1.165) is 0 Å². The molecule has 2 aromatic rings. The molecule has 2 rings (SSSR count). The van der Waals surface area contributed by atoms with Gasteiger partial charge in [0, 0.05) is 11.8 Å². The Hall–Kier alpha value is -2.73. The van der Waals surface area contributed by atoms with Gasteiger partial charge in [0.2, 0.25) is 0 Å². The van der Waals surface area contributed by atoms with Gasteiger partial charge in [0.15, 0.2) is 6.04 Å². The zero-order chi connectivity index (χ0) is 15.9. The molecule has 1 amide bonds. The van der Waals surface area contributed by atoms with Crippen LogP contribution >= 0.6 is 0 Å². The van der Waals surface area contributed by atoms with Crippen LogP contribution in [-0.2, 0) is 9.53 Å². The van der Waals surface area contributed by atoms with Crippen LogP contribution in [0.15, 0.2) is 54.7 Å². The number of esters is 1. The number of hydrogen-bond donors (Lipinski definition) is 2. The molecule has 0 radical (unpaired) electrons. The van der Waals surface area contributed by atoms with Crippen molar-refractivity contribution >= 4 is 11.9 Å². The summed E-state index contributed by atoms with van der Waals surface area (Å²) >= 11 is 0. The zero-order valence-electron chi connectivity index (χ0n) is 12.0. The maximum atomic E-state index is 12.2. The Morgan fingerprint density at radius 1 is 1.14 bits per heavy atom. The molecule has 2 N–H and O–H groups in total. The third-order valence-corrected chi connectivity index (χ3v) is 3.08. The number of aliphatic hydroxyl groups excluding tert-OH is 1. The van der Waals surface area contributed by atoms with E-state index in [0.29, 0.717) is 5.56 Å². The highest BCUT2D eigenvalue weighted by Gasteiger charge is 2.31. The van der Waals surface area contributed by atoms with Crippen LogP contribution in [-0.4, -0.2) is 35.1 Å². The summed E-state index contributed by atoms with van der Waals surface area (Å²) < 4.78 is 4.65. The van der Waals surface area contributed by atoms with Gasteiger partial charge < -0.3 is 15.2 Å². The number of amides is 1. The molecule has 114 valence electrons. The Balaban J connectivity index is 2.20. The fourth-order valence-electron chi connectivity index (χ4n) is 1.93. The average molecular weight is 300 g/mol. The third-order valence-electron chi connectivity index (χ3n) is 3.08. The number of rotatable bonds is 5. The number of nitrogens with one attached hydrogen (secondary N) is 1. The standard InChI is InChI=1S/C16H16N2O4/c1-22-16(21)13(14(19)12-9-5-6-10-17-12)18-15(20)11-7-3-2-4-8-11/h2-10,13-14,19H,1H3,(H,18,20)/t13-,14+/m1/s1. The van der Waals surface area contributed by atoms with Crippen LogP contribution in [0.3, 0.4) is 0 Å². The Bertz CT molecular complexity index is 631. The van der Waals surface area contributed by atoms with Crippen molar-refractivity contribution < 1.29 is 19.4 Å². The fourth-order valence-corrected chi connectivity index (χ4v) is 1.93. The molecular formula is C16H16N2O4. The smallest absolute Gasteiger partial charge is 0.331 e. The third kappa shape index (κ3) is 3.67. The molecule has 0 saturated carbocycles. The topological polar surface area (TPSA) is 88.5 Å². The van der Waals surface area contributed by atoms with Gasteiger partial charge in [0.05, 0.1) is 12.8 Å². The Morgan fingerprint density at radius 2 is 1.82 bits per heavy atom. The number of pyridine rings is 1. The molecule has 0 saturated heterocycles. The predicted molar refractivity (Wildman–Crippen MR) is 78.9 cm³/mol. The lowest BCUT2D eigenvalue weighted by Crippen LogP contribution is -2.45. The molecule has 22 heavy (non-hydrogen) atoms. The minimum absolute atomic E-state index is 0.270. The van der Waals surface area contributed by atoms with Gasteiger partial charge in [-0.3, -0.25) is 9.78 Å². The number of carbonyl (C=O) groups excluding carboxylic acids is 2. The van der Waals surface area contributed by atoms with Crippen LogP contribution in [0.1, 0.15) is 22.2 Å². The molecular weight excluding hydrogens is 284 g/mol. The second kappa shape index (κ2) is 7.33. The molecule has 0 aliphatic heterocycles. The largest absolute Gasteiger partial charge is 0.467 e. The number of benzene rings is 1. The van der Waals surface area contributed by atoms with Crippen LogP contribution < -0.4 is 5.32 Å². The zero-order valence-corrected chi connectivity index (χ0v) is 12.0. The normalized spacial score (nSPS) is 13.0. The fraction of sp³-hybridized carbons (Fsp3) is 0.188. The summed E-state index contributed by atoms with van der Waals surface area (Å²) in [6.45, 7) is 0. The summed E-state index contributed by atoms with van der Waals surface area (Å²) in [5, 5.41) is 12.8. The minimum Gasteiger partial charge on any atom is -0.467 e. The Labute approximate surface area is 127 Å². The van der Waals surface area contributed by atoms with Gasteiger partial charge in [0.1, 0.15) is 6.10 Å². The van der Waals surface area contributed by atoms with Crippen molar-refractivity contribution in [1.82, 2.24) is 10.3 Å². The number of aliphatic hydroxyl groups is 1. The van der Waals surface area contributed by atoms with Crippen molar-refractivity contribution in [2.45, 2.75) is 12.1 Å². The maximum Gasteiger partial charge on any atom is 0.331 e. The molecule has 1 heterocycles. The molecule has 1 aromatic carbocycles. The molecule has 0 aliphatic rings. The van der Waals surface area contributed by atoms with Gasteiger partial charge in [-0.1, -0.05) is 24.3 Å². The summed E-state index contributed by atoms with van der Waals surface area (Å²) in [4.78, 5) is 28.0. The molecule has 0 fully saturated rings. The second-order valence-electron chi connectivity index (χ2n) is 4.54. The first-order chi connectivity index (χ1) is 10.6. The van der Waals surface area contributed by atoms with Crippen molar-refractivity contribution in [3.63, 3.8) is 0 Å². The number of carbonyl (C=O) groups is 2. The van der Waals surface area contributed by atoms with E-state index in [-0.39, 0.29) is 5.69 Å².